The monoisotopic (exact) mass is 495 g/mol. The average Bonchev–Trinajstić information content (AvgIpc) is 2.81. The van der Waals surface area contributed by atoms with Gasteiger partial charge in [-0.25, -0.2) is 14.2 Å². The molecule has 12 heteroatoms. The number of fused-ring (bicyclic) bond motifs is 1. The molecule has 186 valence electrons. The summed E-state index contributed by atoms with van der Waals surface area (Å²) in [5.74, 6) is -2.12. The third-order valence-electron chi connectivity index (χ3n) is 5.26. The molecule has 0 aliphatic rings. The average molecular weight is 495 g/mol. The summed E-state index contributed by atoms with van der Waals surface area (Å²) < 4.78 is 14.9. The Morgan fingerprint density at radius 1 is 1.22 bits per heavy atom. The Balaban J connectivity index is 1.82. The van der Waals surface area contributed by atoms with Crippen LogP contribution in [-0.2, 0) is 16.1 Å². The Morgan fingerprint density at radius 3 is 2.61 bits per heavy atom. The predicted octanol–water partition coefficient (Wildman–Crippen LogP) is 1.33. The minimum atomic E-state index is -1.49. The summed E-state index contributed by atoms with van der Waals surface area (Å²) in [5, 5.41) is 20.4. The molecule has 36 heavy (non-hydrogen) atoms. The number of halogens is 1. The van der Waals surface area contributed by atoms with Crippen molar-refractivity contribution in [2.45, 2.75) is 25.4 Å². The summed E-state index contributed by atoms with van der Waals surface area (Å²) in [5.41, 5.74) is 6.17. The van der Waals surface area contributed by atoms with Crippen molar-refractivity contribution in [3.8, 4) is 12.3 Å². The number of carbonyl (C=O) groups is 3. The van der Waals surface area contributed by atoms with Gasteiger partial charge in [0.1, 0.15) is 11.9 Å². The van der Waals surface area contributed by atoms with E-state index >= 15 is 0 Å². The van der Waals surface area contributed by atoms with Crippen LogP contribution in [-0.4, -0.2) is 50.6 Å². The Morgan fingerprint density at radius 2 is 1.97 bits per heavy atom. The van der Waals surface area contributed by atoms with E-state index in [0.29, 0.717) is 22.2 Å². The van der Waals surface area contributed by atoms with E-state index in [4.69, 9.17) is 17.3 Å². The number of benzene rings is 2. The van der Waals surface area contributed by atoms with Crippen LogP contribution in [0.1, 0.15) is 28.8 Å². The zero-order valence-electron chi connectivity index (χ0n) is 18.8. The molecule has 0 spiro atoms. The highest BCUT2D eigenvalue weighted by atomic mass is 19.1. The number of nitrogen functional groups attached to an aromatic ring is 1. The SMILES string of the molecule is C#CCN(Cc1ccc2nc(N)[nH]c(=O)c2c1)c1ccc(C(=O)N[C@@H](CCC(=O)O)C(=O)O)c(F)c1. The number of anilines is 2. The molecule has 6 N–H and O–H groups in total. The summed E-state index contributed by atoms with van der Waals surface area (Å²) in [4.78, 5) is 54.8. The maximum absolute atomic E-state index is 14.9. The third kappa shape index (κ3) is 6.15. The number of nitrogens with one attached hydrogen (secondary N) is 2. The Hall–Kier alpha value is -4.92. The predicted molar refractivity (Wildman–Crippen MR) is 129 cm³/mol. The molecule has 0 aliphatic carbocycles. The largest absolute Gasteiger partial charge is 0.481 e. The molecule has 1 aromatic heterocycles. The van der Waals surface area contributed by atoms with Crippen molar-refractivity contribution in [1.82, 2.24) is 15.3 Å². The van der Waals surface area contributed by atoms with Crippen molar-refractivity contribution in [2.75, 3.05) is 17.2 Å². The van der Waals surface area contributed by atoms with Crippen molar-refractivity contribution in [2.24, 2.45) is 0 Å². The van der Waals surface area contributed by atoms with Crippen molar-refractivity contribution in [3.05, 3.63) is 63.7 Å². The minimum Gasteiger partial charge on any atom is -0.481 e. The minimum absolute atomic E-state index is 0.00892. The first-order chi connectivity index (χ1) is 17.1. The lowest BCUT2D eigenvalue weighted by Crippen LogP contribution is -2.41. The Labute approximate surface area is 203 Å². The number of carboxylic acid groups (broad SMARTS) is 2. The first kappa shape index (κ1) is 25.7. The number of aromatic nitrogens is 2. The van der Waals surface area contributed by atoms with E-state index in [1.54, 1.807) is 23.1 Å². The molecule has 0 saturated heterocycles. The summed E-state index contributed by atoms with van der Waals surface area (Å²) >= 11 is 0. The number of aliphatic carboxylic acids is 2. The lowest BCUT2D eigenvalue weighted by molar-refractivity contribution is -0.140. The van der Waals surface area contributed by atoms with Crippen LogP contribution in [0.15, 0.2) is 41.2 Å². The van der Waals surface area contributed by atoms with Gasteiger partial charge in [-0.3, -0.25) is 19.4 Å². The van der Waals surface area contributed by atoms with Gasteiger partial charge in [-0.15, -0.1) is 6.42 Å². The van der Waals surface area contributed by atoms with Crippen LogP contribution in [0.2, 0.25) is 0 Å². The van der Waals surface area contributed by atoms with Crippen LogP contribution < -0.4 is 21.5 Å². The van der Waals surface area contributed by atoms with Gasteiger partial charge in [0.05, 0.1) is 23.0 Å². The van der Waals surface area contributed by atoms with Gasteiger partial charge >= 0.3 is 11.9 Å². The molecule has 1 atom stereocenters. The van der Waals surface area contributed by atoms with Crippen molar-refractivity contribution in [3.63, 3.8) is 0 Å². The second-order valence-corrected chi connectivity index (χ2v) is 7.82. The molecule has 1 amide bonds. The molecule has 2 aromatic carbocycles. The van der Waals surface area contributed by atoms with Crippen LogP contribution >= 0.6 is 0 Å². The molecule has 3 rings (SSSR count). The standard InChI is InChI=1S/C24H22FN5O6/c1-2-9-30(12-13-3-6-18-16(10-13)22(34)29-24(26)28-18)14-4-5-15(17(25)11-14)21(33)27-19(23(35)36)7-8-20(31)32/h1,3-6,10-11,19H,7-9,12H2,(H,27,33)(H,31,32)(H,35,36)(H3,26,28,29,34)/t19-/m0/s1. The van der Waals surface area contributed by atoms with Gasteiger partial charge in [0.2, 0.25) is 5.95 Å². The topological polar surface area (TPSA) is 179 Å². The second-order valence-electron chi connectivity index (χ2n) is 7.82. The summed E-state index contributed by atoms with van der Waals surface area (Å²) in [6.45, 7) is 0.279. The lowest BCUT2D eigenvalue weighted by Gasteiger charge is -2.23. The first-order valence-corrected chi connectivity index (χ1v) is 10.6. The number of hydrogen-bond acceptors (Lipinski definition) is 7. The van der Waals surface area contributed by atoms with Crippen LogP contribution in [0.3, 0.4) is 0 Å². The van der Waals surface area contributed by atoms with Gasteiger partial charge in [0.15, 0.2) is 0 Å². The highest BCUT2D eigenvalue weighted by molar-refractivity contribution is 5.97. The highest BCUT2D eigenvalue weighted by Gasteiger charge is 2.23. The number of rotatable bonds is 10. The van der Waals surface area contributed by atoms with Crippen molar-refractivity contribution in [1.29, 1.82) is 0 Å². The molecular formula is C24H22FN5O6. The van der Waals surface area contributed by atoms with Crippen LogP contribution in [0.5, 0.6) is 0 Å². The number of terminal acetylenes is 1. The number of nitrogens with zero attached hydrogens (tertiary/aromatic N) is 2. The number of carbonyl (C=O) groups excluding carboxylic acids is 1. The summed E-state index contributed by atoms with van der Waals surface area (Å²) in [6, 6.07) is 7.17. The normalized spacial score (nSPS) is 11.4. The van der Waals surface area contributed by atoms with Crippen molar-refractivity contribution >= 4 is 40.4 Å². The maximum Gasteiger partial charge on any atom is 0.326 e. The van der Waals surface area contributed by atoms with E-state index < -0.39 is 47.2 Å². The summed E-state index contributed by atoms with van der Waals surface area (Å²) in [6.07, 6.45) is 4.63. The van der Waals surface area contributed by atoms with Gasteiger partial charge in [0.25, 0.3) is 11.5 Å². The number of carboxylic acids is 2. The zero-order valence-corrected chi connectivity index (χ0v) is 18.8. The number of amides is 1. The van der Waals surface area contributed by atoms with Crippen LogP contribution in [0, 0.1) is 18.2 Å². The van der Waals surface area contributed by atoms with Gasteiger partial charge in [0, 0.05) is 18.7 Å². The number of H-pyrrole nitrogens is 1. The zero-order chi connectivity index (χ0) is 26.4. The second kappa shape index (κ2) is 11.0. The molecule has 0 radical (unpaired) electrons. The van der Waals surface area contributed by atoms with Crippen LogP contribution in [0.4, 0.5) is 16.0 Å². The van der Waals surface area contributed by atoms with E-state index in [1.807, 2.05) is 0 Å². The lowest BCUT2D eigenvalue weighted by atomic mass is 10.1. The molecule has 1 heterocycles. The smallest absolute Gasteiger partial charge is 0.326 e. The number of hydrogen-bond donors (Lipinski definition) is 5. The van der Waals surface area contributed by atoms with E-state index in [9.17, 15) is 28.7 Å². The number of nitrogens with two attached hydrogens (primary N) is 1. The molecule has 0 saturated carbocycles. The third-order valence-corrected chi connectivity index (χ3v) is 5.26. The summed E-state index contributed by atoms with van der Waals surface area (Å²) in [7, 11) is 0. The highest BCUT2D eigenvalue weighted by Crippen LogP contribution is 2.22. The Kier molecular flexibility index (Phi) is 7.85. The first-order valence-electron chi connectivity index (χ1n) is 10.6. The van der Waals surface area contributed by atoms with E-state index in [0.717, 1.165) is 6.07 Å². The number of aromatic amines is 1. The fourth-order valence-corrected chi connectivity index (χ4v) is 3.52. The Bertz CT molecular complexity index is 1430. The van der Waals surface area contributed by atoms with E-state index in [2.05, 4.69) is 21.2 Å². The maximum atomic E-state index is 14.9. The molecule has 0 bridgehead atoms. The van der Waals surface area contributed by atoms with E-state index in [1.165, 1.54) is 12.1 Å². The van der Waals surface area contributed by atoms with Gasteiger partial charge in [-0.2, -0.15) is 0 Å². The fraction of sp³-hybridized carbons (Fsp3) is 0.208. The van der Waals surface area contributed by atoms with Gasteiger partial charge < -0.3 is 26.2 Å². The molecule has 0 fully saturated rings. The quantitative estimate of drug-likeness (QED) is 0.259. The molecule has 0 unspecified atom stereocenters. The molecular weight excluding hydrogens is 473 g/mol. The fourth-order valence-electron chi connectivity index (χ4n) is 3.52. The van der Waals surface area contributed by atoms with Crippen molar-refractivity contribution < 1.29 is 29.0 Å². The van der Waals surface area contributed by atoms with Gasteiger partial charge in [-0.1, -0.05) is 12.0 Å². The molecule has 11 nitrogen and oxygen atoms in total. The van der Waals surface area contributed by atoms with Gasteiger partial charge in [-0.05, 0) is 42.3 Å². The molecule has 0 aliphatic heterocycles. The van der Waals surface area contributed by atoms with Crippen LogP contribution in [0.25, 0.3) is 10.9 Å². The van der Waals surface area contributed by atoms with E-state index in [-0.39, 0.29) is 25.5 Å². The molecule has 3 aromatic rings.